The molecule has 0 spiro atoms. The van der Waals surface area contributed by atoms with Crippen LogP contribution in [0.4, 0.5) is 5.69 Å². The van der Waals surface area contributed by atoms with Gasteiger partial charge in [0.2, 0.25) is 0 Å². The van der Waals surface area contributed by atoms with Crippen molar-refractivity contribution in [2.75, 3.05) is 18.9 Å². The number of nitrogen functional groups attached to an aromatic ring is 1. The molecule has 0 aromatic heterocycles. The van der Waals surface area contributed by atoms with E-state index < -0.39 is 0 Å². The molecule has 0 saturated carbocycles. The third-order valence-corrected chi connectivity index (χ3v) is 2.30. The molecule has 0 atom stereocenters. The van der Waals surface area contributed by atoms with Crippen molar-refractivity contribution in [2.24, 2.45) is 0 Å². The Morgan fingerprint density at radius 3 is 2.50 bits per heavy atom. The minimum atomic E-state index is -0.230. The van der Waals surface area contributed by atoms with Gasteiger partial charge in [0, 0.05) is 12.2 Å². The van der Waals surface area contributed by atoms with Gasteiger partial charge in [0.05, 0.1) is 10.0 Å². The molecule has 1 aromatic carbocycles. The summed E-state index contributed by atoms with van der Waals surface area (Å²) in [5.41, 5.74) is 5.97. The Balaban J connectivity index is 2.70. The fourth-order valence-corrected chi connectivity index (χ4v) is 1.72. The minimum Gasteiger partial charge on any atom is -0.481 e. The Bertz CT molecular complexity index is 373. The van der Waals surface area contributed by atoms with Crippen LogP contribution in [0.15, 0.2) is 12.1 Å². The number of halogens is 2. The van der Waals surface area contributed by atoms with Crippen LogP contribution in [0.2, 0.25) is 10.0 Å². The van der Waals surface area contributed by atoms with Crippen molar-refractivity contribution in [3.8, 4) is 5.75 Å². The van der Waals surface area contributed by atoms with E-state index >= 15 is 0 Å². The van der Waals surface area contributed by atoms with Gasteiger partial charge in [-0.15, -0.1) is 0 Å². The van der Waals surface area contributed by atoms with Crippen molar-refractivity contribution in [1.82, 2.24) is 5.32 Å². The summed E-state index contributed by atoms with van der Waals surface area (Å²) in [6.07, 6.45) is 0. The van der Waals surface area contributed by atoms with E-state index in [0.29, 0.717) is 12.2 Å². The number of benzene rings is 1. The first kappa shape index (κ1) is 12.9. The standard InChI is InChI=1S/C10H12Cl2N2O2/c1-2-14-9(15)5-16-10-7(11)3-6(13)4-8(10)12/h3-4H,2,5,13H2,1H3,(H,14,15). The number of hydrogen-bond donors (Lipinski definition) is 2. The monoisotopic (exact) mass is 262 g/mol. The van der Waals surface area contributed by atoms with Crippen molar-refractivity contribution < 1.29 is 9.53 Å². The first-order valence-electron chi connectivity index (χ1n) is 4.68. The summed E-state index contributed by atoms with van der Waals surface area (Å²) in [4.78, 5) is 11.2. The molecule has 0 aliphatic heterocycles. The molecule has 0 saturated heterocycles. The number of carbonyl (C=O) groups excluding carboxylic acids is 1. The van der Waals surface area contributed by atoms with Gasteiger partial charge in [-0.3, -0.25) is 4.79 Å². The zero-order valence-electron chi connectivity index (χ0n) is 8.72. The molecule has 1 amide bonds. The van der Waals surface area contributed by atoms with Crippen molar-refractivity contribution in [1.29, 1.82) is 0 Å². The number of anilines is 1. The predicted octanol–water partition coefficient (Wildman–Crippen LogP) is 2.09. The quantitative estimate of drug-likeness (QED) is 0.817. The first-order chi connectivity index (χ1) is 7.54. The van der Waals surface area contributed by atoms with Crippen molar-refractivity contribution >= 4 is 34.8 Å². The second-order valence-corrected chi connectivity index (χ2v) is 3.87. The molecule has 0 bridgehead atoms. The van der Waals surface area contributed by atoms with Crippen LogP contribution in [0, 0.1) is 0 Å². The predicted molar refractivity (Wildman–Crippen MR) is 65.1 cm³/mol. The summed E-state index contributed by atoms with van der Waals surface area (Å²) in [6.45, 7) is 2.24. The van der Waals surface area contributed by atoms with E-state index in [0.717, 1.165) is 0 Å². The highest BCUT2D eigenvalue weighted by Gasteiger charge is 2.10. The molecule has 0 fully saturated rings. The van der Waals surface area contributed by atoms with Gasteiger partial charge in [-0.2, -0.15) is 0 Å². The maximum absolute atomic E-state index is 11.2. The lowest BCUT2D eigenvalue weighted by atomic mass is 10.3. The molecule has 0 aliphatic carbocycles. The summed E-state index contributed by atoms with van der Waals surface area (Å²) in [5, 5.41) is 3.16. The highest BCUT2D eigenvalue weighted by molar-refractivity contribution is 6.37. The first-order valence-corrected chi connectivity index (χ1v) is 5.44. The molecular weight excluding hydrogens is 251 g/mol. The van der Waals surface area contributed by atoms with Crippen LogP contribution in [0.5, 0.6) is 5.75 Å². The average molecular weight is 263 g/mol. The lowest BCUT2D eigenvalue weighted by Crippen LogP contribution is -2.28. The Hall–Kier alpha value is -1.13. The zero-order chi connectivity index (χ0) is 12.1. The van der Waals surface area contributed by atoms with E-state index in [-0.39, 0.29) is 28.3 Å². The van der Waals surface area contributed by atoms with E-state index in [2.05, 4.69) is 5.32 Å². The lowest BCUT2D eigenvalue weighted by molar-refractivity contribution is -0.122. The van der Waals surface area contributed by atoms with Gasteiger partial charge in [-0.25, -0.2) is 0 Å². The summed E-state index contributed by atoms with van der Waals surface area (Å²) in [5.74, 6) is 0.0373. The van der Waals surface area contributed by atoms with Gasteiger partial charge in [0.1, 0.15) is 0 Å². The van der Waals surface area contributed by atoms with E-state index in [4.69, 9.17) is 33.7 Å². The Labute approximate surface area is 104 Å². The van der Waals surface area contributed by atoms with Crippen LogP contribution in [0.3, 0.4) is 0 Å². The van der Waals surface area contributed by atoms with Gasteiger partial charge in [0.15, 0.2) is 12.4 Å². The molecule has 88 valence electrons. The molecule has 0 aliphatic rings. The lowest BCUT2D eigenvalue weighted by Gasteiger charge is -2.10. The maximum atomic E-state index is 11.2. The van der Waals surface area contributed by atoms with Gasteiger partial charge in [0.25, 0.3) is 5.91 Å². The SMILES string of the molecule is CCNC(=O)COc1c(Cl)cc(N)cc1Cl. The summed E-state index contributed by atoms with van der Waals surface area (Å²) in [7, 11) is 0. The van der Waals surface area contributed by atoms with Crippen LogP contribution in [0.25, 0.3) is 0 Å². The second kappa shape index (κ2) is 5.82. The molecule has 0 radical (unpaired) electrons. The van der Waals surface area contributed by atoms with E-state index in [1.54, 1.807) is 0 Å². The molecule has 1 aromatic rings. The molecule has 4 nitrogen and oxygen atoms in total. The summed E-state index contributed by atoms with van der Waals surface area (Å²) in [6, 6.07) is 3.03. The number of nitrogens with one attached hydrogen (secondary N) is 1. The normalized spacial score (nSPS) is 9.94. The third-order valence-electron chi connectivity index (χ3n) is 1.74. The van der Waals surface area contributed by atoms with Gasteiger partial charge in [-0.1, -0.05) is 23.2 Å². The van der Waals surface area contributed by atoms with Crippen molar-refractivity contribution in [3.63, 3.8) is 0 Å². The van der Waals surface area contributed by atoms with E-state index in [1.165, 1.54) is 12.1 Å². The molecule has 6 heteroatoms. The van der Waals surface area contributed by atoms with Crippen LogP contribution >= 0.6 is 23.2 Å². The third kappa shape index (κ3) is 3.47. The number of amides is 1. The minimum absolute atomic E-state index is 0.128. The zero-order valence-corrected chi connectivity index (χ0v) is 10.2. The fourth-order valence-electron chi connectivity index (χ4n) is 1.10. The van der Waals surface area contributed by atoms with Gasteiger partial charge in [-0.05, 0) is 19.1 Å². The molecule has 3 N–H and O–H groups in total. The highest BCUT2D eigenvalue weighted by atomic mass is 35.5. The van der Waals surface area contributed by atoms with Crippen LogP contribution in [0.1, 0.15) is 6.92 Å². The summed E-state index contributed by atoms with van der Waals surface area (Å²) < 4.78 is 5.21. The Kier molecular flexibility index (Phi) is 4.71. The second-order valence-electron chi connectivity index (χ2n) is 3.06. The molecule has 0 heterocycles. The number of nitrogens with two attached hydrogens (primary N) is 1. The highest BCUT2D eigenvalue weighted by Crippen LogP contribution is 2.34. The Morgan fingerprint density at radius 1 is 1.44 bits per heavy atom. The number of likely N-dealkylation sites (N-methyl/N-ethyl adjacent to an activating group) is 1. The van der Waals surface area contributed by atoms with Gasteiger partial charge >= 0.3 is 0 Å². The number of carbonyl (C=O) groups is 1. The molecule has 0 unspecified atom stereocenters. The van der Waals surface area contributed by atoms with E-state index in [9.17, 15) is 4.79 Å². The Morgan fingerprint density at radius 2 is 2.00 bits per heavy atom. The molecular formula is C10H12Cl2N2O2. The average Bonchev–Trinajstić information content (AvgIpc) is 2.16. The largest absolute Gasteiger partial charge is 0.481 e. The molecule has 1 rings (SSSR count). The summed E-state index contributed by atoms with van der Waals surface area (Å²) >= 11 is 11.7. The van der Waals surface area contributed by atoms with Crippen LogP contribution < -0.4 is 15.8 Å². The number of rotatable bonds is 4. The van der Waals surface area contributed by atoms with Crippen LogP contribution in [-0.2, 0) is 4.79 Å². The smallest absolute Gasteiger partial charge is 0.257 e. The van der Waals surface area contributed by atoms with Gasteiger partial charge < -0.3 is 15.8 Å². The van der Waals surface area contributed by atoms with Crippen molar-refractivity contribution in [2.45, 2.75) is 6.92 Å². The van der Waals surface area contributed by atoms with Crippen molar-refractivity contribution in [3.05, 3.63) is 22.2 Å². The fraction of sp³-hybridized carbons (Fsp3) is 0.300. The number of ether oxygens (including phenoxy) is 1. The maximum Gasteiger partial charge on any atom is 0.257 e. The number of hydrogen-bond acceptors (Lipinski definition) is 3. The topological polar surface area (TPSA) is 64.3 Å². The molecule has 16 heavy (non-hydrogen) atoms. The van der Waals surface area contributed by atoms with E-state index in [1.807, 2.05) is 6.92 Å². The van der Waals surface area contributed by atoms with Crippen LogP contribution in [-0.4, -0.2) is 19.1 Å².